The van der Waals surface area contributed by atoms with E-state index >= 15 is 0 Å². The number of amides is 2. The highest BCUT2D eigenvalue weighted by molar-refractivity contribution is 8.07. The Morgan fingerprint density at radius 2 is 1.47 bits per heavy atom. The topological polar surface area (TPSA) is 88.6 Å². The third-order valence-corrected chi connectivity index (χ3v) is 11.3. The van der Waals surface area contributed by atoms with E-state index in [-0.39, 0.29) is 23.9 Å². The fraction of sp³-hybridized carbons (Fsp3) is 0.135. The number of hydrogen-bond acceptors (Lipinski definition) is 8. The van der Waals surface area contributed by atoms with E-state index in [1.54, 1.807) is 0 Å². The number of hydrogen-bond donors (Lipinski definition) is 1. The molecule has 0 aliphatic carbocycles. The molecule has 0 radical (unpaired) electrons. The number of carbonyl (C=O) groups is 3. The van der Waals surface area contributed by atoms with E-state index in [1.165, 1.54) is 39.8 Å². The Kier molecular flexibility index (Phi) is 9.23. The van der Waals surface area contributed by atoms with Gasteiger partial charge in [-0.15, -0.1) is 23.1 Å². The van der Waals surface area contributed by atoms with Crippen LogP contribution in [0.3, 0.4) is 0 Å². The number of fused-ring (bicyclic) bond motifs is 1. The summed E-state index contributed by atoms with van der Waals surface area (Å²) in [7, 11) is 0. The number of carbonyl (C=O) groups excluding carboxylic acids is 3. The molecule has 2 aliphatic rings. The van der Waals surface area contributed by atoms with Crippen molar-refractivity contribution >= 4 is 52.6 Å². The number of β-lactam (4-membered cyclic amide) rings is 1. The highest BCUT2D eigenvalue weighted by Crippen LogP contribution is 2.47. The molecule has 1 aromatic heterocycles. The molecule has 4 aromatic carbocycles. The fourth-order valence-electron chi connectivity index (χ4n) is 5.56. The lowest BCUT2D eigenvalue weighted by Crippen LogP contribution is -2.70. The van der Waals surface area contributed by atoms with Crippen molar-refractivity contribution in [3.63, 3.8) is 0 Å². The average Bonchev–Trinajstić information content (AvgIpc) is 3.59. The molecule has 0 spiro atoms. The first kappa shape index (κ1) is 31.0. The summed E-state index contributed by atoms with van der Waals surface area (Å²) in [5, 5.41) is 4.46. The van der Waals surface area contributed by atoms with Gasteiger partial charge in [0.1, 0.15) is 17.1 Å². The number of thioether (sulfide) groups is 2. The van der Waals surface area contributed by atoms with Crippen molar-refractivity contribution in [1.29, 1.82) is 0 Å². The first-order chi connectivity index (χ1) is 23.0. The van der Waals surface area contributed by atoms with Crippen LogP contribution in [0.1, 0.15) is 22.8 Å². The number of benzene rings is 4. The van der Waals surface area contributed by atoms with Gasteiger partial charge in [-0.05, 0) is 16.7 Å². The van der Waals surface area contributed by atoms with Crippen LogP contribution < -0.4 is 5.32 Å². The number of nitrogens with zero attached hydrogens (tertiary/aromatic N) is 2. The van der Waals surface area contributed by atoms with Crippen LogP contribution in [-0.2, 0) is 25.5 Å². The molecule has 5 aromatic rings. The van der Waals surface area contributed by atoms with Crippen molar-refractivity contribution < 1.29 is 19.1 Å². The van der Waals surface area contributed by atoms with Gasteiger partial charge in [0, 0.05) is 21.6 Å². The number of esters is 1. The van der Waals surface area contributed by atoms with Crippen molar-refractivity contribution in [2.75, 3.05) is 5.75 Å². The maximum atomic E-state index is 14.3. The Bertz CT molecular complexity index is 1880. The zero-order chi connectivity index (χ0) is 32.2. The van der Waals surface area contributed by atoms with E-state index in [1.807, 2.05) is 127 Å². The molecule has 7 nitrogen and oxygen atoms in total. The third-order valence-electron chi connectivity index (χ3n) is 7.84. The summed E-state index contributed by atoms with van der Waals surface area (Å²) in [6.07, 6.45) is -0.517. The normalized spacial score (nSPS) is 17.2. The molecule has 0 bridgehead atoms. The van der Waals surface area contributed by atoms with Crippen molar-refractivity contribution in [2.24, 2.45) is 0 Å². The van der Waals surface area contributed by atoms with E-state index in [2.05, 4.69) is 5.32 Å². The lowest BCUT2D eigenvalue weighted by atomic mass is 10.0. The second kappa shape index (κ2) is 14.0. The van der Waals surface area contributed by atoms with Crippen LogP contribution in [0, 0.1) is 0 Å². The van der Waals surface area contributed by atoms with Gasteiger partial charge in [0.2, 0.25) is 5.91 Å². The largest absolute Gasteiger partial charge is 0.448 e. The quantitative estimate of drug-likeness (QED) is 0.125. The van der Waals surface area contributed by atoms with E-state index in [9.17, 15) is 14.4 Å². The maximum absolute atomic E-state index is 14.3. The predicted molar refractivity (Wildman–Crippen MR) is 186 cm³/mol. The minimum atomic E-state index is -0.742. The van der Waals surface area contributed by atoms with Crippen molar-refractivity contribution in [1.82, 2.24) is 15.2 Å². The SMILES string of the molecule is O=C(Cc1ccccc1)N[C@@H]1C(=O)N2C(C(=O)OC(c3ccccc3)c3ccccc3)=C(Sc3nc(-c4ccccc4)cs3)CS[C@H]12. The minimum absolute atomic E-state index is 0.164. The van der Waals surface area contributed by atoms with E-state index in [0.29, 0.717) is 10.7 Å². The van der Waals surface area contributed by atoms with Crippen LogP contribution in [0.2, 0.25) is 0 Å². The van der Waals surface area contributed by atoms with Gasteiger partial charge in [-0.25, -0.2) is 9.78 Å². The zero-order valence-corrected chi connectivity index (χ0v) is 27.5. The monoisotopic (exact) mass is 675 g/mol. The van der Waals surface area contributed by atoms with Crippen LogP contribution in [0.5, 0.6) is 0 Å². The lowest BCUT2D eigenvalue weighted by Gasteiger charge is -2.49. The van der Waals surface area contributed by atoms with Gasteiger partial charge in [0.25, 0.3) is 5.91 Å². The molecule has 0 saturated carbocycles. The summed E-state index contributed by atoms with van der Waals surface area (Å²) >= 11 is 4.38. The van der Waals surface area contributed by atoms with Gasteiger partial charge in [-0.1, -0.05) is 133 Å². The Labute approximate surface area is 285 Å². The molecular weight excluding hydrogens is 647 g/mol. The summed E-state index contributed by atoms with van der Waals surface area (Å²) in [6.45, 7) is 0. The highest BCUT2D eigenvalue weighted by atomic mass is 32.2. The molecule has 10 heteroatoms. The Balaban J connectivity index is 1.18. The summed E-state index contributed by atoms with van der Waals surface area (Å²) in [5.41, 5.74) is 4.54. The maximum Gasteiger partial charge on any atom is 0.356 e. The van der Waals surface area contributed by atoms with Crippen LogP contribution in [-0.4, -0.2) is 44.8 Å². The molecule has 7 rings (SSSR count). The Hall–Kier alpha value is -4.64. The van der Waals surface area contributed by atoms with Crippen LogP contribution in [0.15, 0.2) is 142 Å². The first-order valence-electron chi connectivity index (χ1n) is 15.1. The molecule has 2 aliphatic heterocycles. The van der Waals surface area contributed by atoms with E-state index in [0.717, 1.165) is 32.3 Å². The number of rotatable bonds is 10. The smallest absolute Gasteiger partial charge is 0.356 e. The fourth-order valence-corrected chi connectivity index (χ4v) is 9.02. The van der Waals surface area contributed by atoms with Gasteiger partial charge in [-0.2, -0.15) is 0 Å². The third kappa shape index (κ3) is 6.76. The minimum Gasteiger partial charge on any atom is -0.448 e. The van der Waals surface area contributed by atoms with Crippen molar-refractivity contribution in [2.45, 2.75) is 28.3 Å². The van der Waals surface area contributed by atoms with E-state index in [4.69, 9.17) is 9.72 Å². The molecule has 2 atom stereocenters. The summed E-state index contributed by atoms with van der Waals surface area (Å²) in [6, 6.07) is 37.7. The van der Waals surface area contributed by atoms with Crippen molar-refractivity contribution in [3.8, 4) is 11.3 Å². The van der Waals surface area contributed by atoms with E-state index < -0.39 is 23.5 Å². The second-order valence-electron chi connectivity index (χ2n) is 11.0. The molecule has 1 fully saturated rings. The molecular formula is C37H29N3O4S3. The van der Waals surface area contributed by atoms with Gasteiger partial charge < -0.3 is 10.1 Å². The van der Waals surface area contributed by atoms with Gasteiger partial charge in [-0.3, -0.25) is 14.5 Å². The molecule has 1 N–H and O–H groups in total. The molecule has 47 heavy (non-hydrogen) atoms. The number of ether oxygens (including phenoxy) is 1. The highest BCUT2D eigenvalue weighted by Gasteiger charge is 2.55. The summed E-state index contributed by atoms with van der Waals surface area (Å²) < 4.78 is 7.04. The summed E-state index contributed by atoms with van der Waals surface area (Å²) in [4.78, 5) is 48.0. The molecule has 2 amide bonds. The Morgan fingerprint density at radius 3 is 2.11 bits per heavy atom. The van der Waals surface area contributed by atoms with Gasteiger partial charge in [0.05, 0.1) is 12.1 Å². The molecule has 3 heterocycles. The second-order valence-corrected chi connectivity index (χ2v) is 14.3. The van der Waals surface area contributed by atoms with Gasteiger partial charge in [0.15, 0.2) is 10.4 Å². The van der Waals surface area contributed by atoms with Crippen LogP contribution in [0.25, 0.3) is 11.3 Å². The number of nitrogens with one attached hydrogen (secondary N) is 1. The van der Waals surface area contributed by atoms with Crippen LogP contribution in [0.4, 0.5) is 0 Å². The summed E-state index contributed by atoms with van der Waals surface area (Å²) in [5.74, 6) is -0.727. The first-order valence-corrected chi connectivity index (χ1v) is 17.8. The zero-order valence-electron chi connectivity index (χ0n) is 25.0. The van der Waals surface area contributed by atoms with Crippen molar-refractivity contribution in [3.05, 3.63) is 154 Å². The average molecular weight is 676 g/mol. The van der Waals surface area contributed by atoms with Crippen LogP contribution >= 0.6 is 34.9 Å². The van der Waals surface area contributed by atoms with Gasteiger partial charge >= 0.3 is 5.97 Å². The number of aromatic nitrogens is 1. The molecule has 0 unspecified atom stereocenters. The standard InChI is InChI=1S/C37H29N3O4S3/c41-30(21-24-13-5-1-6-14-24)39-31-34(42)40-32(36(43)44-33(26-17-9-3-10-18-26)27-19-11-4-12-20-27)29(23-45-35(31)40)47-37-38-28(22-46-37)25-15-7-2-8-16-25/h1-20,22,31,33,35H,21,23H2,(H,39,41)/t31-,35-/m1/s1. The predicted octanol–water partition coefficient (Wildman–Crippen LogP) is 7.09. The lowest BCUT2D eigenvalue weighted by molar-refractivity contribution is -0.154. The Morgan fingerprint density at radius 1 is 0.872 bits per heavy atom. The number of thiazole rings is 1. The molecule has 1 saturated heterocycles. The molecule has 234 valence electrons.